The highest BCUT2D eigenvalue weighted by Gasteiger charge is 2.27. The third-order valence-corrected chi connectivity index (χ3v) is 2.66. The third kappa shape index (κ3) is 4.37. The largest absolute Gasteiger partial charge is 1.00 e. The first-order valence-electron chi connectivity index (χ1n) is 5.63. The first-order valence-corrected chi connectivity index (χ1v) is 5.63. The van der Waals surface area contributed by atoms with E-state index in [9.17, 15) is 4.79 Å². The van der Waals surface area contributed by atoms with Crippen LogP contribution in [0.3, 0.4) is 0 Å². The summed E-state index contributed by atoms with van der Waals surface area (Å²) in [7, 11) is 3.77. The number of primary amides is 1. The molecule has 6 heteroatoms. The van der Waals surface area contributed by atoms with Crippen molar-refractivity contribution < 1.29 is 29.6 Å². The Balaban J connectivity index is 0.00000180. The summed E-state index contributed by atoms with van der Waals surface area (Å²) in [6.45, 7) is 0. The number of rotatable bonds is 2. The zero-order chi connectivity index (χ0) is 13.1. The van der Waals surface area contributed by atoms with Gasteiger partial charge in [-0.15, -0.1) is 0 Å². The lowest BCUT2D eigenvalue weighted by Crippen LogP contribution is -3.00. The molecule has 0 aromatic heterocycles. The minimum atomic E-state index is -0.357. The maximum atomic E-state index is 11.1. The van der Waals surface area contributed by atoms with Crippen LogP contribution in [0.1, 0.15) is 6.42 Å². The lowest BCUT2D eigenvalue weighted by molar-refractivity contribution is -0.117. The van der Waals surface area contributed by atoms with E-state index in [1.807, 2.05) is 49.6 Å². The average Bonchev–Trinajstić information content (AvgIpc) is 2.30. The van der Waals surface area contributed by atoms with Crippen LogP contribution in [0, 0.1) is 12.4 Å². The lowest BCUT2D eigenvalue weighted by atomic mass is 9.95. The Kier molecular flexibility index (Phi) is 6.98. The summed E-state index contributed by atoms with van der Waals surface area (Å²) in [6, 6.07) is 0. The van der Waals surface area contributed by atoms with Crippen molar-refractivity contribution in [1.29, 1.82) is 0 Å². The minimum Gasteiger partial charge on any atom is -1.00 e. The molecule has 0 unspecified atom stereocenters. The Hall–Kier alpha value is -1.83. The zero-order valence-electron chi connectivity index (χ0n) is 11.2. The van der Waals surface area contributed by atoms with E-state index in [0.717, 1.165) is 16.7 Å². The molecule has 0 aromatic rings. The fourth-order valence-electron chi connectivity index (χ4n) is 1.80. The van der Waals surface area contributed by atoms with E-state index in [-0.39, 0.29) is 37.1 Å². The second-order valence-corrected chi connectivity index (χ2v) is 4.23. The maximum absolute atomic E-state index is 11.1. The summed E-state index contributed by atoms with van der Waals surface area (Å²) in [4.78, 5) is 14.7. The molecular weight excluding hydrogens is 297 g/mol. The normalized spacial score (nSPS) is 19.4. The van der Waals surface area contributed by atoms with Crippen LogP contribution in [-0.4, -0.2) is 29.8 Å². The standard InChI is InChI=1S/C14H14N3O.2ClH/c1-16-6-3-11(4-7-16)13-5-8-17(2)10-12(13)9-14(15)18;;/h3-6,8H,9H2,1-2H3,(H-,15,18);2*1H/q+1;;/p-1. The van der Waals surface area contributed by atoms with Crippen molar-refractivity contribution in [3.8, 4) is 0 Å². The SMILES string of the molecule is CN1[C+]=CC(=C2C=CN(C)[C+]=C2CC(N)=O)C=C1.[Cl-].[Cl-]. The molecule has 0 atom stereocenters. The van der Waals surface area contributed by atoms with Crippen molar-refractivity contribution in [3.63, 3.8) is 0 Å². The fourth-order valence-corrected chi connectivity index (χ4v) is 1.80. The summed E-state index contributed by atoms with van der Waals surface area (Å²) in [5, 5.41) is 0. The number of carbonyl (C=O) groups excluding carboxylic acids is 1. The van der Waals surface area contributed by atoms with Crippen LogP contribution in [0.4, 0.5) is 0 Å². The van der Waals surface area contributed by atoms with Gasteiger partial charge in [0.05, 0.1) is 18.6 Å². The van der Waals surface area contributed by atoms with Gasteiger partial charge in [-0.25, -0.2) is 9.80 Å². The number of carbonyl (C=O) groups is 1. The number of hydrogen-bond donors (Lipinski definition) is 1. The molecule has 4 nitrogen and oxygen atoms in total. The van der Waals surface area contributed by atoms with Gasteiger partial charge in [0.1, 0.15) is 30.9 Å². The van der Waals surface area contributed by atoms with Crippen molar-refractivity contribution in [2.45, 2.75) is 6.42 Å². The monoisotopic (exact) mass is 311 g/mol. The third-order valence-electron chi connectivity index (χ3n) is 2.66. The molecule has 2 rings (SSSR count). The van der Waals surface area contributed by atoms with Crippen LogP contribution in [0.2, 0.25) is 0 Å². The maximum Gasteiger partial charge on any atom is 0.225 e. The second-order valence-electron chi connectivity index (χ2n) is 4.23. The van der Waals surface area contributed by atoms with Gasteiger partial charge in [-0.1, -0.05) is 0 Å². The molecule has 0 fully saturated rings. The van der Waals surface area contributed by atoms with Gasteiger partial charge in [-0.2, -0.15) is 0 Å². The van der Waals surface area contributed by atoms with Crippen LogP contribution < -0.4 is 30.5 Å². The Morgan fingerprint density at radius 2 is 1.85 bits per heavy atom. The van der Waals surface area contributed by atoms with Crippen LogP contribution in [0.5, 0.6) is 0 Å². The molecule has 0 saturated carbocycles. The van der Waals surface area contributed by atoms with Crippen LogP contribution in [-0.2, 0) is 4.79 Å². The highest BCUT2D eigenvalue weighted by molar-refractivity contribution is 5.78. The van der Waals surface area contributed by atoms with E-state index in [2.05, 4.69) is 12.4 Å². The van der Waals surface area contributed by atoms with Crippen molar-refractivity contribution in [1.82, 2.24) is 9.80 Å². The summed E-state index contributed by atoms with van der Waals surface area (Å²) in [6.07, 6.45) is 16.0. The first kappa shape index (κ1) is 18.2. The molecular formula is C14H15Cl2N3O. The molecule has 106 valence electrons. The van der Waals surface area contributed by atoms with Crippen molar-refractivity contribution in [3.05, 3.63) is 59.7 Å². The average molecular weight is 312 g/mol. The summed E-state index contributed by atoms with van der Waals surface area (Å²) in [5.74, 6) is -0.357. The minimum absolute atomic E-state index is 0. The smallest absolute Gasteiger partial charge is 0.225 e. The molecule has 0 aromatic carbocycles. The number of amides is 1. The molecule has 2 aliphatic rings. The van der Waals surface area contributed by atoms with E-state index in [0.29, 0.717) is 0 Å². The van der Waals surface area contributed by atoms with Gasteiger partial charge in [-0.05, 0) is 0 Å². The molecule has 0 bridgehead atoms. The Morgan fingerprint density at radius 1 is 1.20 bits per heavy atom. The predicted octanol–water partition coefficient (Wildman–Crippen LogP) is -4.91. The number of allylic oxidation sites excluding steroid dienone is 5. The number of nitrogens with zero attached hydrogens (tertiary/aromatic N) is 2. The quantitative estimate of drug-likeness (QED) is 0.520. The number of hydrogen-bond acceptors (Lipinski definition) is 3. The van der Waals surface area contributed by atoms with E-state index >= 15 is 0 Å². The van der Waals surface area contributed by atoms with Gasteiger partial charge in [0.2, 0.25) is 5.91 Å². The molecule has 2 aliphatic heterocycles. The Labute approximate surface area is 131 Å². The lowest BCUT2D eigenvalue weighted by Gasteiger charge is -2.08. The van der Waals surface area contributed by atoms with Gasteiger partial charge in [0.25, 0.3) is 0 Å². The number of nitrogens with two attached hydrogens (primary N) is 1. The van der Waals surface area contributed by atoms with E-state index in [4.69, 9.17) is 5.73 Å². The van der Waals surface area contributed by atoms with Crippen LogP contribution in [0.15, 0.2) is 47.3 Å². The molecule has 1 amide bonds. The molecule has 2 N–H and O–H groups in total. The summed E-state index contributed by atoms with van der Waals surface area (Å²) in [5.41, 5.74) is 8.03. The zero-order valence-corrected chi connectivity index (χ0v) is 12.7. The molecule has 20 heavy (non-hydrogen) atoms. The molecule has 2 heterocycles. The van der Waals surface area contributed by atoms with Gasteiger partial charge in [0.15, 0.2) is 16.7 Å². The van der Waals surface area contributed by atoms with Crippen molar-refractivity contribution in [2.24, 2.45) is 5.73 Å². The molecule has 0 aliphatic carbocycles. The molecule has 0 radical (unpaired) electrons. The predicted molar refractivity (Wildman–Crippen MR) is 69.2 cm³/mol. The first-order chi connectivity index (χ1) is 8.56. The van der Waals surface area contributed by atoms with Crippen LogP contribution in [0.25, 0.3) is 0 Å². The van der Waals surface area contributed by atoms with E-state index in [1.54, 1.807) is 4.90 Å². The van der Waals surface area contributed by atoms with Gasteiger partial charge < -0.3 is 30.5 Å². The van der Waals surface area contributed by atoms with Gasteiger partial charge >= 0.3 is 0 Å². The summed E-state index contributed by atoms with van der Waals surface area (Å²) < 4.78 is 0. The van der Waals surface area contributed by atoms with E-state index < -0.39 is 0 Å². The van der Waals surface area contributed by atoms with Gasteiger partial charge in [-0.3, -0.25) is 4.79 Å². The second kappa shape index (κ2) is 7.68. The molecule has 0 saturated heterocycles. The number of halogens is 2. The summed E-state index contributed by atoms with van der Waals surface area (Å²) >= 11 is 0. The van der Waals surface area contributed by atoms with Crippen molar-refractivity contribution in [2.75, 3.05) is 14.1 Å². The highest BCUT2D eigenvalue weighted by Crippen LogP contribution is 2.26. The van der Waals surface area contributed by atoms with Crippen molar-refractivity contribution >= 4 is 5.91 Å². The van der Waals surface area contributed by atoms with E-state index in [1.165, 1.54) is 0 Å². The topological polar surface area (TPSA) is 49.6 Å². The highest BCUT2D eigenvalue weighted by atomic mass is 35.5. The van der Waals surface area contributed by atoms with Crippen LogP contribution >= 0.6 is 0 Å². The Morgan fingerprint density at radius 3 is 2.40 bits per heavy atom. The fraction of sp³-hybridized carbons (Fsp3) is 0.214. The van der Waals surface area contributed by atoms with Gasteiger partial charge in [0, 0.05) is 14.1 Å². The Bertz CT molecular complexity index is 503. The molecule has 0 spiro atoms.